The van der Waals surface area contributed by atoms with Crippen LogP contribution in [-0.2, 0) is 66.5 Å². The maximum atomic E-state index is 12.9. The summed E-state index contributed by atoms with van der Waals surface area (Å²) >= 11 is 0.970. The number of aromatic amines is 1. The van der Waals surface area contributed by atoms with Crippen LogP contribution < -0.4 is 141 Å². The fourth-order valence-corrected chi connectivity index (χ4v) is 12.6. The minimum absolute atomic E-state index is 0. The van der Waals surface area contributed by atoms with Crippen LogP contribution in [0, 0.1) is 0 Å². The van der Waals surface area contributed by atoms with Gasteiger partial charge < -0.3 is 48.7 Å². The van der Waals surface area contributed by atoms with Crippen LogP contribution in [0.25, 0.3) is 6.08 Å². The van der Waals surface area contributed by atoms with Crippen LogP contribution in [0.5, 0.6) is 0 Å². The first-order valence-electron chi connectivity index (χ1n) is 22.2. The van der Waals surface area contributed by atoms with Gasteiger partial charge in [-0.1, -0.05) is 19.9 Å². The molecule has 1 amide bonds. The predicted octanol–water partition coefficient (Wildman–Crippen LogP) is -7.53. The van der Waals surface area contributed by atoms with Crippen molar-refractivity contribution < 1.29 is 172 Å². The number of nitrogens with one attached hydrogen (secondary N) is 2. The van der Waals surface area contributed by atoms with Crippen LogP contribution >= 0.6 is 35.5 Å². The Hall–Kier alpha value is -1.25. The molecule has 7 N–H and O–H groups in total. The van der Waals surface area contributed by atoms with Crippen molar-refractivity contribution in [3.05, 3.63) is 110 Å². The van der Waals surface area contributed by atoms with Gasteiger partial charge in [-0.25, -0.2) is 22.7 Å². The third-order valence-electron chi connectivity index (χ3n) is 12.1. The van der Waals surface area contributed by atoms with E-state index in [1.54, 1.807) is 12.1 Å². The van der Waals surface area contributed by atoms with Gasteiger partial charge in [0, 0.05) is 77.6 Å². The Bertz CT molecular complexity index is 3130. The summed E-state index contributed by atoms with van der Waals surface area (Å²) in [7, 11) is -22.3. The number of amides is 1. The number of allylic oxidation sites excluding steroid dienone is 4. The van der Waals surface area contributed by atoms with Crippen LogP contribution in [-0.4, -0.2) is 71.2 Å². The number of hydrogen-bond donors (Lipinski definition) is 5. The molecule has 76 heavy (non-hydrogen) atoms. The molecule has 0 spiro atoms. The number of aliphatic hydroxyl groups excluding tert-OH is 1. The summed E-state index contributed by atoms with van der Waals surface area (Å²) in [6.07, 6.45) is 6.79. The number of anilines is 1. The molecule has 400 valence electrons. The standard InChI is InChI=1S/C42H56N7O19P3S2.3Na/c1-6-47-31-17-15-28(73(44,61)62)22-30(31)42(4,5)35(47)11-10-12-36-41(2,3)29-21-27(72-66-65-43)14-16-32(29)48(36)20-9-7-8-13-37(51)45-19-18-26-24-49(40(53)46-39(26)52)38-23-33(50)34(64-38)25-63-70(57,58)68-71(59,60)67-69(54,55)56;;;/h10-12,14-19,21-22,24,33-34,38,50H,6-9,13,20,23,25,43H2,1-5H3,(H7-,44,45,46,51,52,53,54,55,56,57,58,59,60,61,62);;;/q;3*+1/p-3/b19-18+;;;/t33?,34-,38-;;;/m1.../s1. The van der Waals surface area contributed by atoms with Gasteiger partial charge in [0.25, 0.3) is 21.2 Å². The van der Waals surface area contributed by atoms with E-state index >= 15 is 0 Å². The molecular weight excluding hydrogens is 1130 g/mol. The molecule has 3 aromatic rings. The number of ether oxygens (including phenoxy) is 1. The average Bonchev–Trinajstić information content (AvgIpc) is 3.83. The number of carbonyl (C=O) groups is 1. The molecule has 0 saturated carbocycles. The molecule has 3 aliphatic rings. The molecule has 4 heterocycles. The monoisotopic (exact) mass is 1190 g/mol. The number of benzene rings is 2. The number of carbonyl (C=O) groups excluding carboxylic acids is 1. The Morgan fingerprint density at radius 2 is 1.68 bits per heavy atom. The van der Waals surface area contributed by atoms with E-state index in [-0.39, 0.29) is 118 Å². The Labute approximate surface area is 508 Å². The van der Waals surface area contributed by atoms with Gasteiger partial charge in [-0.2, -0.15) is 10.5 Å². The molecule has 2 aromatic carbocycles. The van der Waals surface area contributed by atoms with Gasteiger partial charge in [-0.15, -0.1) is 9.32 Å². The molecule has 34 heteroatoms. The number of nitrogens with two attached hydrogens (primary N) is 2. The second-order valence-corrected chi connectivity index (χ2v) is 24.4. The fraction of sp³-hybridized carbons (Fsp3) is 0.429. The van der Waals surface area contributed by atoms with E-state index in [1.807, 2.05) is 51.1 Å². The van der Waals surface area contributed by atoms with Crippen molar-refractivity contribution >= 4 is 74.6 Å². The summed E-state index contributed by atoms with van der Waals surface area (Å²) in [6, 6.07) is 10.8. The summed E-state index contributed by atoms with van der Waals surface area (Å²) in [4.78, 5) is 92.1. The summed E-state index contributed by atoms with van der Waals surface area (Å²) in [5.41, 5.74) is 2.72. The number of likely N-dealkylation sites (N-methyl/N-ethyl adjacent to an activating group) is 1. The van der Waals surface area contributed by atoms with Crippen molar-refractivity contribution in [3.63, 3.8) is 0 Å². The molecule has 5 atom stereocenters. The Morgan fingerprint density at radius 3 is 2.33 bits per heavy atom. The van der Waals surface area contributed by atoms with Crippen molar-refractivity contribution in [1.29, 1.82) is 0 Å². The van der Waals surface area contributed by atoms with Gasteiger partial charge in [0.05, 0.1) is 48.5 Å². The number of primary sulfonamides is 1. The van der Waals surface area contributed by atoms with E-state index in [2.05, 4.69) is 57.8 Å². The van der Waals surface area contributed by atoms with E-state index < -0.39 is 80.6 Å². The number of nitrogens with zero attached hydrogens (tertiary/aromatic N) is 3. The van der Waals surface area contributed by atoms with Crippen LogP contribution in [0.2, 0.25) is 0 Å². The first-order chi connectivity index (χ1) is 34.0. The average molecular weight is 1190 g/mol. The number of phosphoric acid groups is 3. The normalized spacial score (nSPS) is 20.9. The largest absolute Gasteiger partial charge is 1.00 e. The molecule has 3 unspecified atom stereocenters. The molecular formula is C42H53N7Na3O19P3S2. The number of rotatable bonds is 23. The number of unbranched alkanes of at least 4 members (excludes halogenated alkanes) is 2. The van der Waals surface area contributed by atoms with E-state index in [9.17, 15) is 61.2 Å². The zero-order chi connectivity index (χ0) is 53.9. The predicted molar refractivity (Wildman–Crippen MR) is 255 cm³/mol. The minimum Gasteiger partial charge on any atom is -0.790 e. The quantitative estimate of drug-likeness (QED) is 0.0112. The van der Waals surface area contributed by atoms with Crippen LogP contribution in [0.15, 0.2) is 92.1 Å². The fourth-order valence-electron chi connectivity index (χ4n) is 8.76. The number of fused-ring (bicyclic) bond motifs is 2. The minimum atomic E-state index is -6.24. The summed E-state index contributed by atoms with van der Waals surface area (Å²) in [6.45, 7) is 10.5. The van der Waals surface area contributed by atoms with Gasteiger partial charge in [0.1, 0.15) is 18.9 Å². The van der Waals surface area contributed by atoms with Gasteiger partial charge >= 0.3 is 94.4 Å². The van der Waals surface area contributed by atoms with Crippen molar-refractivity contribution in [2.75, 3.05) is 24.6 Å². The Balaban J connectivity index is 0.00000507. The van der Waals surface area contributed by atoms with Crippen molar-refractivity contribution in [3.8, 4) is 0 Å². The molecule has 26 nitrogen and oxygen atoms in total. The van der Waals surface area contributed by atoms with Gasteiger partial charge in [0.15, 0.2) is 5.71 Å². The van der Waals surface area contributed by atoms with Gasteiger partial charge in [0.2, 0.25) is 21.6 Å². The molecule has 6 rings (SSSR count). The molecule has 0 radical (unpaired) electrons. The first kappa shape index (κ1) is 69.0. The number of sulfonamides is 1. The second kappa shape index (κ2) is 28.2. The molecule has 1 saturated heterocycles. The molecule has 3 aliphatic heterocycles. The molecule has 0 bridgehead atoms. The molecule has 1 fully saturated rings. The van der Waals surface area contributed by atoms with E-state index in [1.165, 1.54) is 18.3 Å². The van der Waals surface area contributed by atoms with Crippen molar-refractivity contribution in [2.45, 2.75) is 106 Å². The topological polar surface area (TPSA) is 395 Å². The Morgan fingerprint density at radius 1 is 0.987 bits per heavy atom. The number of aromatic nitrogens is 2. The van der Waals surface area contributed by atoms with Crippen LogP contribution in [0.3, 0.4) is 0 Å². The Kier molecular flexibility index (Phi) is 25.6. The number of aliphatic hydroxyl groups is 1. The zero-order valence-electron chi connectivity index (χ0n) is 42.8. The van der Waals surface area contributed by atoms with E-state index in [0.717, 1.165) is 61.6 Å². The second-order valence-electron chi connectivity index (χ2n) is 17.8. The summed E-state index contributed by atoms with van der Waals surface area (Å²) in [5, 5.41) is 18.5. The first-order valence-corrected chi connectivity index (χ1v) is 28.8. The number of hydrogen-bond acceptors (Lipinski definition) is 22. The van der Waals surface area contributed by atoms with Crippen molar-refractivity contribution in [2.24, 2.45) is 11.0 Å². The summed E-state index contributed by atoms with van der Waals surface area (Å²) in [5.74, 6) is 4.73. The maximum absolute atomic E-state index is 12.9. The SMILES string of the molecule is CCN1/C(=C\C=C\C2=[N+](CCCCCC(=O)N/C=C/c3cn([C@H]4CC(O)[C@@H](COP(=O)([O-])OP(=O)([O-])OP(=O)([O-])[O-])O4)c(=O)[nH]c3=O)c3ccc(SOON)cc3C2(C)C)C(C)(C)c2cc(S(N)(=O)=O)ccc21.[Na+].[Na+].[Na+]. The molecule has 0 aliphatic carbocycles. The molecule has 1 aromatic heterocycles. The zero-order valence-corrected chi connectivity index (χ0v) is 53.1. The van der Waals surface area contributed by atoms with E-state index in [0.29, 0.717) is 32.4 Å². The van der Waals surface area contributed by atoms with Gasteiger partial charge in [-0.3, -0.25) is 32.6 Å². The van der Waals surface area contributed by atoms with Gasteiger partial charge in [-0.05, 0) is 81.7 Å². The summed E-state index contributed by atoms with van der Waals surface area (Å²) < 4.78 is 82.9. The smallest absolute Gasteiger partial charge is 0.790 e. The maximum Gasteiger partial charge on any atom is 1.00 e. The number of H-pyrrole nitrogens is 1. The van der Waals surface area contributed by atoms with E-state index in [4.69, 9.17) is 20.1 Å². The number of phosphoric ester groups is 1. The van der Waals surface area contributed by atoms with Crippen LogP contribution in [0.1, 0.15) is 89.6 Å². The third kappa shape index (κ3) is 17.4. The van der Waals surface area contributed by atoms with Crippen molar-refractivity contribution in [1.82, 2.24) is 14.9 Å². The third-order valence-corrected chi connectivity index (χ3v) is 17.3. The van der Waals surface area contributed by atoms with Crippen LogP contribution in [0.4, 0.5) is 11.4 Å².